The van der Waals surface area contributed by atoms with Gasteiger partial charge < -0.3 is 15.5 Å². The lowest BCUT2D eigenvalue weighted by molar-refractivity contribution is -0.183. The molecule has 2 aromatic carbocycles. The summed E-state index contributed by atoms with van der Waals surface area (Å²) in [5.41, 5.74) is 2.77. The molecule has 40 heavy (non-hydrogen) atoms. The van der Waals surface area contributed by atoms with E-state index in [4.69, 9.17) is 4.84 Å². The molecule has 4 fully saturated rings. The monoisotopic (exact) mass is 570 g/mol. The Labute approximate surface area is 237 Å². The maximum atomic E-state index is 13.9. The zero-order chi connectivity index (χ0) is 29.0. The number of fused-ring (bicyclic) bond motifs is 2. The first-order valence-electron chi connectivity index (χ1n) is 14.2. The quantitative estimate of drug-likeness (QED) is 0.445. The Kier molecular flexibility index (Phi) is 7.91. The van der Waals surface area contributed by atoms with Crippen molar-refractivity contribution in [3.05, 3.63) is 54.1 Å². The van der Waals surface area contributed by atoms with Crippen LogP contribution in [0.25, 0.3) is 11.1 Å². The molecule has 0 radical (unpaired) electrons. The number of carbonyl (C=O) groups excluding carboxylic acids is 1. The second-order valence-corrected chi connectivity index (χ2v) is 14.8. The molecule has 9 heteroatoms. The van der Waals surface area contributed by atoms with Crippen molar-refractivity contribution in [2.45, 2.75) is 76.3 Å². The van der Waals surface area contributed by atoms with E-state index in [1.54, 1.807) is 30.2 Å². The van der Waals surface area contributed by atoms with E-state index < -0.39 is 34.0 Å². The predicted octanol–water partition coefficient (Wildman–Crippen LogP) is 3.42. The van der Waals surface area contributed by atoms with Crippen molar-refractivity contribution in [1.29, 1.82) is 0 Å². The normalized spacial score (nSPS) is 32.3. The van der Waals surface area contributed by atoms with Crippen molar-refractivity contribution in [3.63, 3.8) is 0 Å². The fourth-order valence-electron chi connectivity index (χ4n) is 7.42. The van der Waals surface area contributed by atoms with Gasteiger partial charge in [0.25, 0.3) is 0 Å². The summed E-state index contributed by atoms with van der Waals surface area (Å²) in [6, 6.07) is 13.8. The smallest absolute Gasteiger partial charge is 0.240 e. The molecule has 3 saturated carbocycles. The first kappa shape index (κ1) is 29.2. The highest BCUT2D eigenvalue weighted by Gasteiger charge is 2.57. The number of benzene rings is 2. The Morgan fingerprint density at radius 3 is 2.42 bits per heavy atom. The highest BCUT2D eigenvalue weighted by Crippen LogP contribution is 2.61. The van der Waals surface area contributed by atoms with Gasteiger partial charge in [0, 0.05) is 18.2 Å². The fourth-order valence-corrected chi connectivity index (χ4v) is 8.09. The third-order valence-corrected chi connectivity index (χ3v) is 11.0. The maximum absolute atomic E-state index is 13.9. The van der Waals surface area contributed by atoms with Gasteiger partial charge in [0.15, 0.2) is 9.84 Å². The minimum Gasteiger partial charge on any atom is -0.394 e. The minimum atomic E-state index is -3.35. The van der Waals surface area contributed by atoms with Gasteiger partial charge >= 0.3 is 0 Å². The van der Waals surface area contributed by atoms with Crippen molar-refractivity contribution < 1.29 is 28.3 Å². The second-order valence-electron chi connectivity index (χ2n) is 12.7. The first-order chi connectivity index (χ1) is 18.8. The van der Waals surface area contributed by atoms with Crippen LogP contribution < -0.4 is 5.32 Å². The van der Waals surface area contributed by atoms with Gasteiger partial charge in [0.05, 0.1) is 24.2 Å². The summed E-state index contributed by atoms with van der Waals surface area (Å²) in [7, 11) is -3.35. The number of aliphatic hydroxyl groups excluding tert-OH is 2. The van der Waals surface area contributed by atoms with Crippen LogP contribution in [0.4, 0.5) is 0 Å². The van der Waals surface area contributed by atoms with Crippen molar-refractivity contribution in [2.24, 2.45) is 29.1 Å². The van der Waals surface area contributed by atoms with Crippen molar-refractivity contribution in [2.75, 3.05) is 12.9 Å². The third kappa shape index (κ3) is 5.34. The van der Waals surface area contributed by atoms with Crippen molar-refractivity contribution in [1.82, 2.24) is 10.4 Å². The molecule has 218 valence electrons. The van der Waals surface area contributed by atoms with Gasteiger partial charge in [-0.2, -0.15) is 5.06 Å². The molecule has 1 aliphatic heterocycles. The summed E-state index contributed by atoms with van der Waals surface area (Å²) in [6.45, 7) is 8.46. The number of nitrogens with one attached hydrogen (secondary N) is 1. The zero-order valence-electron chi connectivity index (χ0n) is 23.9. The summed E-state index contributed by atoms with van der Waals surface area (Å²) >= 11 is 0. The molecule has 1 amide bonds. The van der Waals surface area contributed by atoms with Gasteiger partial charge in [-0.1, -0.05) is 51.1 Å². The SMILES string of the molecule is C[C@@H]1[C@@H](NC(=O)[C@@H]2[C@H]([C@H](C)O)[C@H](CO)ON2Cc2cccc(-c3cccc(S(C)(=O)=O)c3)c2)C[C@H]2C[C@@H]1C2(C)C. The van der Waals surface area contributed by atoms with Gasteiger partial charge in [-0.15, -0.1) is 0 Å². The Hall–Kier alpha value is -2.30. The molecule has 2 bridgehead atoms. The Balaban J connectivity index is 1.38. The molecule has 0 aromatic heterocycles. The van der Waals surface area contributed by atoms with Crippen LogP contribution in [0.5, 0.6) is 0 Å². The number of aliphatic hydroxyl groups is 2. The fraction of sp³-hybridized carbons (Fsp3) is 0.581. The number of hydrogen-bond acceptors (Lipinski definition) is 7. The molecular formula is C31H42N2O6S. The standard InChI is InChI=1S/C31H42N2O6S/c1-18-25-14-23(31(25,3)4)15-26(18)32-30(36)29-28(19(2)35)27(17-34)39-33(29)16-20-8-6-9-21(12-20)22-10-7-11-24(13-22)40(5,37)38/h6-13,18-19,23,25-29,34-35H,14-17H2,1-5H3,(H,32,36)/t18-,19-,23+,25-,26-,27-,28+,29-/m0/s1. The second kappa shape index (κ2) is 10.8. The number of nitrogens with zero attached hydrogens (tertiary/aromatic N) is 1. The average Bonchev–Trinajstić information content (AvgIpc) is 3.27. The number of rotatable bonds is 8. The number of amides is 1. The summed E-state index contributed by atoms with van der Waals surface area (Å²) in [5.74, 6) is 0.753. The molecule has 6 rings (SSSR count). The molecule has 2 aromatic rings. The number of hydrogen-bond donors (Lipinski definition) is 3. The molecular weight excluding hydrogens is 528 g/mol. The van der Waals surface area contributed by atoms with Crippen LogP contribution in [0.1, 0.15) is 46.1 Å². The zero-order valence-corrected chi connectivity index (χ0v) is 24.8. The van der Waals surface area contributed by atoms with Crippen LogP contribution in [-0.2, 0) is 26.0 Å². The van der Waals surface area contributed by atoms with Crippen LogP contribution in [-0.4, -0.2) is 66.8 Å². The molecule has 8 nitrogen and oxygen atoms in total. The van der Waals surface area contributed by atoms with E-state index in [-0.39, 0.29) is 30.0 Å². The van der Waals surface area contributed by atoms with E-state index in [9.17, 15) is 23.4 Å². The molecule has 4 aliphatic rings. The molecule has 0 spiro atoms. The summed E-state index contributed by atoms with van der Waals surface area (Å²) < 4.78 is 24.1. The van der Waals surface area contributed by atoms with E-state index in [1.807, 2.05) is 30.3 Å². The van der Waals surface area contributed by atoms with E-state index in [2.05, 4.69) is 26.1 Å². The van der Waals surface area contributed by atoms with Gasteiger partial charge in [-0.25, -0.2) is 8.42 Å². The van der Waals surface area contributed by atoms with E-state index in [0.717, 1.165) is 23.1 Å². The highest BCUT2D eigenvalue weighted by atomic mass is 32.2. The number of sulfone groups is 1. The van der Waals surface area contributed by atoms with Crippen molar-refractivity contribution >= 4 is 15.7 Å². The van der Waals surface area contributed by atoms with Gasteiger partial charge in [0.2, 0.25) is 5.91 Å². The lowest BCUT2D eigenvalue weighted by Gasteiger charge is -2.62. The molecule has 1 heterocycles. The maximum Gasteiger partial charge on any atom is 0.240 e. The highest BCUT2D eigenvalue weighted by molar-refractivity contribution is 7.90. The van der Waals surface area contributed by atoms with E-state index in [0.29, 0.717) is 23.2 Å². The van der Waals surface area contributed by atoms with Crippen LogP contribution >= 0.6 is 0 Å². The summed E-state index contributed by atoms with van der Waals surface area (Å²) in [5, 5.41) is 25.6. The van der Waals surface area contributed by atoms with Crippen LogP contribution in [0, 0.1) is 29.1 Å². The van der Waals surface area contributed by atoms with Gasteiger partial charge in [-0.3, -0.25) is 9.63 Å². The average molecular weight is 571 g/mol. The molecule has 8 atom stereocenters. The van der Waals surface area contributed by atoms with Crippen LogP contribution in [0.2, 0.25) is 0 Å². The van der Waals surface area contributed by atoms with Crippen LogP contribution in [0.15, 0.2) is 53.4 Å². The number of carbonyl (C=O) groups is 1. The van der Waals surface area contributed by atoms with Crippen LogP contribution in [0.3, 0.4) is 0 Å². The van der Waals surface area contributed by atoms with Gasteiger partial charge in [0.1, 0.15) is 12.1 Å². The van der Waals surface area contributed by atoms with Gasteiger partial charge in [-0.05, 0) is 77.8 Å². The van der Waals surface area contributed by atoms with Crippen molar-refractivity contribution in [3.8, 4) is 11.1 Å². The topological polar surface area (TPSA) is 116 Å². The van der Waals surface area contributed by atoms with E-state index in [1.165, 1.54) is 12.7 Å². The third-order valence-electron chi connectivity index (χ3n) is 9.92. The largest absolute Gasteiger partial charge is 0.394 e. The molecule has 0 unspecified atom stereocenters. The lowest BCUT2D eigenvalue weighted by atomic mass is 9.45. The molecule has 3 N–H and O–H groups in total. The van der Waals surface area contributed by atoms with E-state index >= 15 is 0 Å². The first-order valence-corrected chi connectivity index (χ1v) is 16.1. The summed E-state index contributed by atoms with van der Waals surface area (Å²) in [4.78, 5) is 20.2. The Bertz CT molecular complexity index is 1360. The Morgan fingerprint density at radius 2 is 1.82 bits per heavy atom. The molecule has 1 saturated heterocycles. The minimum absolute atomic E-state index is 0.0689. The summed E-state index contributed by atoms with van der Waals surface area (Å²) in [6.07, 6.45) is 1.78. The Morgan fingerprint density at radius 1 is 1.15 bits per heavy atom. The lowest BCUT2D eigenvalue weighted by Crippen LogP contribution is -2.62. The predicted molar refractivity (Wildman–Crippen MR) is 153 cm³/mol. The number of hydroxylamine groups is 2. The molecule has 3 aliphatic carbocycles.